The van der Waals surface area contributed by atoms with Crippen LogP contribution in [0.1, 0.15) is 31.6 Å². The summed E-state index contributed by atoms with van der Waals surface area (Å²) >= 11 is 6.62. The summed E-state index contributed by atoms with van der Waals surface area (Å²) < 4.78 is 14.5. The minimum absolute atomic E-state index is 0.235. The predicted octanol–water partition coefficient (Wildman–Crippen LogP) is 4.22. The molecule has 0 radical (unpaired) electrons. The topological polar surface area (TPSA) is 82.1 Å². The first-order valence-electron chi connectivity index (χ1n) is 9.76. The monoisotopic (exact) mass is 496 g/mol. The Hall–Kier alpha value is -1.43. The number of ether oxygens (including phenoxy) is 1. The Balaban J connectivity index is 1.31. The van der Waals surface area contributed by atoms with Crippen LogP contribution < -0.4 is 4.90 Å². The zero-order valence-electron chi connectivity index (χ0n) is 15.8. The van der Waals surface area contributed by atoms with Crippen LogP contribution in [-0.4, -0.2) is 50.7 Å². The van der Waals surface area contributed by atoms with Gasteiger partial charge in [0, 0.05) is 29.5 Å². The molecule has 0 aromatic carbocycles. The molecular formula is C18H21BrN6O2S2. The highest BCUT2D eigenvalue weighted by Gasteiger charge is 2.25. The highest BCUT2D eigenvalue weighted by atomic mass is 79.9. The minimum atomic E-state index is 0.235. The van der Waals surface area contributed by atoms with E-state index in [-0.39, 0.29) is 6.10 Å². The van der Waals surface area contributed by atoms with E-state index in [4.69, 9.17) is 9.26 Å². The lowest BCUT2D eigenvalue weighted by molar-refractivity contribution is 0.0952. The molecule has 1 atom stereocenters. The molecule has 2 saturated heterocycles. The molecule has 154 valence electrons. The summed E-state index contributed by atoms with van der Waals surface area (Å²) in [5, 5.41) is 16.0. The third kappa shape index (κ3) is 4.37. The van der Waals surface area contributed by atoms with Crippen LogP contribution in [-0.2, 0) is 17.0 Å². The number of rotatable bonds is 7. The fraction of sp³-hybridized carbons (Fsp3) is 0.556. The van der Waals surface area contributed by atoms with E-state index in [9.17, 15) is 0 Å². The second-order valence-electron chi connectivity index (χ2n) is 7.15. The molecule has 3 aromatic rings. The molecule has 2 aliphatic rings. The third-order valence-corrected chi connectivity index (χ3v) is 7.72. The van der Waals surface area contributed by atoms with Gasteiger partial charge in [-0.15, -0.1) is 21.5 Å². The molecule has 29 heavy (non-hydrogen) atoms. The Morgan fingerprint density at radius 3 is 2.90 bits per heavy atom. The molecule has 2 aliphatic heterocycles. The van der Waals surface area contributed by atoms with E-state index in [0.717, 1.165) is 59.5 Å². The summed E-state index contributed by atoms with van der Waals surface area (Å²) in [6.45, 7) is 3.72. The second-order valence-corrected chi connectivity index (χ2v) is 9.92. The van der Waals surface area contributed by atoms with Crippen molar-refractivity contribution < 1.29 is 9.26 Å². The first-order valence-corrected chi connectivity index (χ1v) is 12.4. The summed E-state index contributed by atoms with van der Waals surface area (Å²) in [6, 6.07) is 1.99. The summed E-state index contributed by atoms with van der Waals surface area (Å²) in [5.74, 6) is 2.72. The molecule has 8 nitrogen and oxygen atoms in total. The molecule has 5 heterocycles. The highest BCUT2D eigenvalue weighted by Crippen LogP contribution is 2.31. The number of hydrogen-bond donors (Lipinski definition) is 0. The van der Waals surface area contributed by atoms with Gasteiger partial charge in [-0.25, -0.2) is 0 Å². The number of anilines is 1. The van der Waals surface area contributed by atoms with E-state index in [2.05, 4.69) is 45.7 Å². The number of thioether (sulfide) groups is 1. The van der Waals surface area contributed by atoms with E-state index >= 15 is 0 Å². The van der Waals surface area contributed by atoms with Gasteiger partial charge in [-0.3, -0.25) is 4.57 Å². The van der Waals surface area contributed by atoms with Crippen LogP contribution in [0.4, 0.5) is 5.95 Å². The lowest BCUT2D eigenvalue weighted by Gasteiger charge is -2.20. The van der Waals surface area contributed by atoms with Gasteiger partial charge in [0.15, 0.2) is 5.16 Å². The van der Waals surface area contributed by atoms with Gasteiger partial charge in [0.05, 0.1) is 23.3 Å². The fourth-order valence-electron chi connectivity index (χ4n) is 3.66. The van der Waals surface area contributed by atoms with Crippen LogP contribution in [0.25, 0.3) is 10.7 Å². The predicted molar refractivity (Wildman–Crippen MR) is 115 cm³/mol. The molecule has 0 bridgehead atoms. The van der Waals surface area contributed by atoms with Gasteiger partial charge in [0.1, 0.15) is 0 Å². The molecule has 0 saturated carbocycles. The fourth-order valence-corrected chi connectivity index (χ4v) is 5.79. The van der Waals surface area contributed by atoms with Gasteiger partial charge in [0.25, 0.3) is 0 Å². The van der Waals surface area contributed by atoms with E-state index in [1.54, 1.807) is 23.1 Å². The van der Waals surface area contributed by atoms with Gasteiger partial charge >= 0.3 is 0 Å². The van der Waals surface area contributed by atoms with Crippen LogP contribution in [0.2, 0.25) is 0 Å². The third-order valence-electron chi connectivity index (χ3n) is 5.08. The van der Waals surface area contributed by atoms with Gasteiger partial charge in [0.2, 0.25) is 17.7 Å². The number of halogens is 1. The second kappa shape index (κ2) is 8.75. The van der Waals surface area contributed by atoms with Crippen molar-refractivity contribution >= 4 is 45.0 Å². The number of hydrogen-bond acceptors (Lipinski definition) is 9. The first-order chi connectivity index (χ1) is 14.3. The van der Waals surface area contributed by atoms with E-state index < -0.39 is 0 Å². The molecule has 0 spiro atoms. The normalized spacial score (nSPS) is 19.5. The van der Waals surface area contributed by atoms with Crippen LogP contribution in [0, 0.1) is 0 Å². The molecule has 11 heteroatoms. The largest absolute Gasteiger partial charge is 0.376 e. The number of nitrogens with zero attached hydrogens (tertiary/aromatic N) is 6. The van der Waals surface area contributed by atoms with Crippen LogP contribution >= 0.6 is 39.0 Å². The molecule has 0 N–H and O–H groups in total. The summed E-state index contributed by atoms with van der Waals surface area (Å²) in [7, 11) is 0. The van der Waals surface area contributed by atoms with Gasteiger partial charge < -0.3 is 14.2 Å². The van der Waals surface area contributed by atoms with Gasteiger partial charge in [-0.05, 0) is 47.7 Å². The lowest BCUT2D eigenvalue weighted by Crippen LogP contribution is -2.25. The first kappa shape index (κ1) is 19.5. The molecule has 2 fully saturated rings. The van der Waals surface area contributed by atoms with Crippen LogP contribution in [0.3, 0.4) is 0 Å². The molecule has 1 unspecified atom stereocenters. The quantitative estimate of drug-likeness (QED) is 0.449. The molecular weight excluding hydrogens is 476 g/mol. The average molecular weight is 497 g/mol. The summed E-state index contributed by atoms with van der Waals surface area (Å²) in [4.78, 5) is 7.83. The zero-order chi connectivity index (χ0) is 19.6. The van der Waals surface area contributed by atoms with Crippen molar-refractivity contribution in [2.45, 2.75) is 49.2 Å². The van der Waals surface area contributed by atoms with Crippen LogP contribution in [0.5, 0.6) is 0 Å². The Bertz CT molecular complexity index is 961. The van der Waals surface area contributed by atoms with Gasteiger partial charge in [-0.1, -0.05) is 16.9 Å². The summed E-state index contributed by atoms with van der Waals surface area (Å²) in [6.07, 6.45) is 4.86. The Morgan fingerprint density at radius 1 is 1.24 bits per heavy atom. The number of thiophene rings is 1. The van der Waals surface area contributed by atoms with Crippen molar-refractivity contribution in [2.75, 3.05) is 24.6 Å². The lowest BCUT2D eigenvalue weighted by atomic mass is 10.2. The smallest absolute Gasteiger partial charge is 0.237 e. The molecule has 5 rings (SSSR count). The van der Waals surface area contributed by atoms with Crippen molar-refractivity contribution in [3.63, 3.8) is 0 Å². The Labute approximate surface area is 185 Å². The maximum atomic E-state index is 5.87. The summed E-state index contributed by atoms with van der Waals surface area (Å²) in [5.41, 5.74) is 0. The van der Waals surface area contributed by atoms with Gasteiger partial charge in [-0.2, -0.15) is 4.98 Å². The van der Waals surface area contributed by atoms with E-state index in [1.807, 2.05) is 11.4 Å². The average Bonchev–Trinajstić information content (AvgIpc) is 3.51. The highest BCUT2D eigenvalue weighted by molar-refractivity contribution is 9.10. The van der Waals surface area contributed by atoms with Crippen molar-refractivity contribution in [3.05, 3.63) is 21.8 Å². The standard InChI is InChI=1S/C18H21BrN6O2S2/c19-12-8-14(28-10-12)16-20-15(27-23-16)11-29-18-22-21-17(24-5-1-2-6-24)25(18)9-13-4-3-7-26-13/h8,10,13H,1-7,9,11H2. The van der Waals surface area contributed by atoms with Crippen molar-refractivity contribution in [1.29, 1.82) is 0 Å². The molecule has 0 aliphatic carbocycles. The Kier molecular flexibility index (Phi) is 5.89. The van der Waals surface area contributed by atoms with Crippen molar-refractivity contribution in [2.24, 2.45) is 0 Å². The van der Waals surface area contributed by atoms with E-state index in [1.165, 1.54) is 12.8 Å². The maximum absolute atomic E-state index is 5.87. The number of aromatic nitrogens is 5. The van der Waals surface area contributed by atoms with Crippen LogP contribution in [0.15, 0.2) is 25.6 Å². The molecule has 3 aromatic heterocycles. The Morgan fingerprint density at radius 2 is 2.14 bits per heavy atom. The van der Waals surface area contributed by atoms with Crippen molar-refractivity contribution in [3.8, 4) is 10.7 Å². The van der Waals surface area contributed by atoms with Crippen molar-refractivity contribution in [1.82, 2.24) is 24.9 Å². The SMILES string of the molecule is Brc1csc(-c2noc(CSc3nnc(N4CCCC4)n3CC3CCCO3)n2)c1. The molecule has 0 amide bonds. The van der Waals surface area contributed by atoms with E-state index in [0.29, 0.717) is 17.5 Å². The zero-order valence-corrected chi connectivity index (χ0v) is 19.0. The maximum Gasteiger partial charge on any atom is 0.237 e. The minimum Gasteiger partial charge on any atom is -0.376 e.